The number of nitrogens with one attached hydrogen (secondary N) is 1. The Bertz CT molecular complexity index is 1660. The molecule has 0 bridgehead atoms. The van der Waals surface area contributed by atoms with Gasteiger partial charge in [0.05, 0.1) is 24.6 Å². The van der Waals surface area contributed by atoms with Crippen LogP contribution in [-0.2, 0) is 29.6 Å². The Morgan fingerprint density at radius 3 is 2.27 bits per heavy atom. The Labute approximate surface area is 285 Å². The highest BCUT2D eigenvalue weighted by molar-refractivity contribution is 7.62. The van der Waals surface area contributed by atoms with Crippen molar-refractivity contribution < 1.29 is 37.8 Å². The number of carboxylic acid groups (broad SMARTS) is 1. The van der Waals surface area contributed by atoms with Crippen LogP contribution in [0, 0.1) is 0 Å². The zero-order valence-corrected chi connectivity index (χ0v) is 28.9. The van der Waals surface area contributed by atoms with E-state index in [0.29, 0.717) is 35.6 Å². The highest BCUT2D eigenvalue weighted by Gasteiger charge is 2.33. The average molecular weight is 695 g/mol. The van der Waals surface area contributed by atoms with E-state index in [2.05, 4.69) is 10.3 Å². The van der Waals surface area contributed by atoms with Gasteiger partial charge in [-0.25, -0.2) is 14.8 Å². The normalized spacial score (nSPS) is 17.2. The van der Waals surface area contributed by atoms with Crippen LogP contribution >= 0.6 is 7.60 Å². The minimum Gasteiger partial charge on any atom is -0.465 e. The van der Waals surface area contributed by atoms with Gasteiger partial charge in [0.1, 0.15) is 17.6 Å². The summed E-state index contributed by atoms with van der Waals surface area (Å²) in [6.07, 6.45) is -0.147. The Balaban J connectivity index is 1.46. The van der Waals surface area contributed by atoms with Gasteiger partial charge < -0.3 is 38.9 Å². The molecule has 3 amide bonds. The maximum absolute atomic E-state index is 14.1. The van der Waals surface area contributed by atoms with Crippen LogP contribution in [0.5, 0.6) is 0 Å². The zero-order chi connectivity index (χ0) is 35.0. The van der Waals surface area contributed by atoms with Crippen LogP contribution in [-0.4, -0.2) is 115 Å². The molecule has 15 heteroatoms. The Kier molecular flexibility index (Phi) is 12.0. The lowest BCUT2D eigenvalue weighted by atomic mass is 10.0. The predicted octanol–water partition coefficient (Wildman–Crippen LogP) is 3.42. The average Bonchev–Trinajstić information content (AvgIpc) is 3.61. The highest BCUT2D eigenvalue weighted by Crippen LogP contribution is 2.46. The van der Waals surface area contributed by atoms with Crippen molar-refractivity contribution in [2.45, 2.75) is 38.8 Å². The van der Waals surface area contributed by atoms with Crippen LogP contribution in [0.15, 0.2) is 60.7 Å². The molecule has 3 heterocycles. The lowest BCUT2D eigenvalue weighted by Gasteiger charge is -2.35. The lowest BCUT2D eigenvalue weighted by Crippen LogP contribution is -2.56. The molecule has 0 spiro atoms. The highest BCUT2D eigenvalue weighted by atomic mass is 31.2. The van der Waals surface area contributed by atoms with E-state index in [0.717, 1.165) is 12.0 Å². The van der Waals surface area contributed by atoms with E-state index in [1.807, 2.05) is 35.2 Å². The molecule has 49 heavy (non-hydrogen) atoms. The van der Waals surface area contributed by atoms with Gasteiger partial charge in [0.2, 0.25) is 5.91 Å². The van der Waals surface area contributed by atoms with Crippen molar-refractivity contribution in [2.24, 2.45) is 0 Å². The Morgan fingerprint density at radius 1 is 0.939 bits per heavy atom. The van der Waals surface area contributed by atoms with E-state index < -0.39 is 25.6 Å². The summed E-state index contributed by atoms with van der Waals surface area (Å²) in [5.41, 5.74) is 1.44. The van der Waals surface area contributed by atoms with Gasteiger partial charge in [-0.15, -0.1) is 0 Å². The maximum Gasteiger partial charge on any atom is 0.407 e. The fourth-order valence-electron chi connectivity index (χ4n) is 5.94. The van der Waals surface area contributed by atoms with Crippen molar-refractivity contribution in [3.05, 3.63) is 71.9 Å². The fraction of sp³-hybridized carbons (Fsp3) is 0.441. The van der Waals surface area contributed by atoms with Crippen molar-refractivity contribution in [1.82, 2.24) is 25.1 Å². The molecule has 2 atom stereocenters. The Morgan fingerprint density at radius 2 is 1.63 bits per heavy atom. The minimum atomic E-state index is -3.62. The summed E-state index contributed by atoms with van der Waals surface area (Å²) >= 11 is 0. The topological polar surface area (TPSA) is 164 Å². The number of amides is 3. The first-order valence-electron chi connectivity index (χ1n) is 16.4. The van der Waals surface area contributed by atoms with Crippen molar-refractivity contribution in [3.8, 4) is 11.4 Å². The molecule has 2 saturated heterocycles. The number of hydrogen-bond donors (Lipinski definition) is 2. The first kappa shape index (κ1) is 35.9. The number of hydrogen-bond acceptors (Lipinski definition) is 10. The summed E-state index contributed by atoms with van der Waals surface area (Å²) < 4.78 is 30.2. The van der Waals surface area contributed by atoms with E-state index in [4.69, 9.17) is 18.8 Å². The number of methoxy groups -OCH3 is 1. The number of benzene rings is 2. The van der Waals surface area contributed by atoms with E-state index >= 15 is 0 Å². The molecule has 5 rings (SSSR count). The van der Waals surface area contributed by atoms with Gasteiger partial charge in [-0.05, 0) is 38.0 Å². The molecule has 2 fully saturated rings. The SMILES string of the molecule is CCOP(=O)(OCC)c1cccc(C[C@H](NC(=O)c2cc(N3CC[C@H](OC)C3)nc(-c3ccccc3)n2)C(=O)N2CCN(C(=O)O)CC2)c1. The molecule has 2 aliphatic heterocycles. The lowest BCUT2D eigenvalue weighted by molar-refractivity contribution is -0.134. The van der Waals surface area contributed by atoms with Crippen molar-refractivity contribution in [2.75, 3.05) is 64.5 Å². The second kappa shape index (κ2) is 16.4. The number of carbonyl (C=O) groups excluding carboxylic acids is 2. The maximum atomic E-state index is 14.1. The molecule has 0 saturated carbocycles. The van der Waals surface area contributed by atoms with Gasteiger partial charge in [-0.1, -0.05) is 42.5 Å². The molecular weight excluding hydrogens is 651 g/mol. The molecule has 14 nitrogen and oxygen atoms in total. The molecule has 0 unspecified atom stereocenters. The largest absolute Gasteiger partial charge is 0.465 e. The van der Waals surface area contributed by atoms with Crippen molar-refractivity contribution >= 4 is 36.6 Å². The summed E-state index contributed by atoms with van der Waals surface area (Å²) in [5, 5.41) is 12.7. The van der Waals surface area contributed by atoms with Gasteiger partial charge in [0.25, 0.3) is 5.91 Å². The van der Waals surface area contributed by atoms with Gasteiger partial charge >= 0.3 is 13.7 Å². The molecule has 3 aromatic rings. The molecule has 262 valence electrons. The number of nitrogens with zero attached hydrogens (tertiary/aromatic N) is 5. The van der Waals surface area contributed by atoms with Gasteiger partial charge in [-0.3, -0.25) is 14.2 Å². The monoisotopic (exact) mass is 694 g/mol. The standard InChI is InChI=1S/C34H43N6O8P/c1-4-47-49(45,48-5-2)27-13-9-10-24(20-27)21-29(33(42)38-16-18-39(19-17-38)34(43)44)36-32(41)28-22-30(40-15-14-26(23-40)46-3)37-31(35-28)25-11-7-6-8-12-25/h6-13,20,22,26,29H,4-5,14-19,21,23H2,1-3H3,(H,36,41)(H,43,44)/t26-,29-/m0/s1. The second-order valence-electron chi connectivity index (χ2n) is 11.7. The molecule has 0 radical (unpaired) electrons. The van der Waals surface area contributed by atoms with E-state index in [1.165, 1.54) is 4.90 Å². The van der Waals surface area contributed by atoms with Crippen molar-refractivity contribution in [1.29, 1.82) is 0 Å². The summed E-state index contributed by atoms with van der Waals surface area (Å²) in [6.45, 7) is 5.76. The summed E-state index contributed by atoms with van der Waals surface area (Å²) in [7, 11) is -1.95. The van der Waals surface area contributed by atoms with E-state index in [9.17, 15) is 24.1 Å². The smallest absolute Gasteiger partial charge is 0.407 e. The van der Waals surface area contributed by atoms with E-state index in [-0.39, 0.29) is 63.5 Å². The molecule has 0 aliphatic carbocycles. The van der Waals surface area contributed by atoms with Crippen LogP contribution in [0.3, 0.4) is 0 Å². The van der Waals surface area contributed by atoms with Crippen LogP contribution in [0.25, 0.3) is 11.4 Å². The number of aromatic nitrogens is 2. The third-order valence-electron chi connectivity index (χ3n) is 8.51. The molecule has 2 aromatic carbocycles. The molecule has 2 N–H and O–H groups in total. The van der Waals surface area contributed by atoms with Gasteiger partial charge in [0.15, 0.2) is 5.82 Å². The van der Waals surface area contributed by atoms with Crippen LogP contribution in [0.2, 0.25) is 0 Å². The first-order valence-corrected chi connectivity index (χ1v) is 18.0. The van der Waals surface area contributed by atoms with Crippen molar-refractivity contribution in [3.63, 3.8) is 0 Å². The Hall–Kier alpha value is -4.36. The summed E-state index contributed by atoms with van der Waals surface area (Å²) in [6, 6.07) is 16.7. The third-order valence-corrected chi connectivity index (χ3v) is 10.6. The number of rotatable bonds is 13. The summed E-state index contributed by atoms with van der Waals surface area (Å²) in [4.78, 5) is 53.8. The van der Waals surface area contributed by atoms with Crippen LogP contribution in [0.4, 0.5) is 10.6 Å². The number of anilines is 1. The molecule has 1 aromatic heterocycles. The number of ether oxygens (including phenoxy) is 1. The molecular formula is C34H43N6O8P. The molecule has 2 aliphatic rings. The fourth-order valence-corrected chi connectivity index (χ4v) is 7.59. The number of piperazine rings is 1. The quantitative estimate of drug-likeness (QED) is 0.252. The predicted molar refractivity (Wildman–Crippen MR) is 183 cm³/mol. The van der Waals surface area contributed by atoms with Gasteiger partial charge in [-0.2, -0.15) is 0 Å². The van der Waals surface area contributed by atoms with Gasteiger partial charge in [0, 0.05) is 64.4 Å². The summed E-state index contributed by atoms with van der Waals surface area (Å²) in [5.74, 6) is -0.00783. The minimum absolute atomic E-state index is 0.0348. The van der Waals surface area contributed by atoms with E-state index in [1.54, 1.807) is 56.2 Å². The van der Waals surface area contributed by atoms with Crippen LogP contribution in [0.1, 0.15) is 36.3 Å². The third kappa shape index (κ3) is 8.82. The zero-order valence-electron chi connectivity index (χ0n) is 28.0. The number of carbonyl (C=O) groups is 3. The first-order chi connectivity index (χ1) is 23.6. The van der Waals surface area contributed by atoms with Crippen LogP contribution < -0.4 is 15.5 Å². The second-order valence-corrected chi connectivity index (χ2v) is 13.7.